The zero-order chi connectivity index (χ0) is 26.3. The van der Waals surface area contributed by atoms with Crippen molar-refractivity contribution in [3.63, 3.8) is 0 Å². The van der Waals surface area contributed by atoms with Gasteiger partial charge in [-0.1, -0.05) is 6.07 Å². The first-order chi connectivity index (χ1) is 18.3. The lowest BCUT2D eigenvalue weighted by Gasteiger charge is -2.45. The third kappa shape index (κ3) is 4.90. The lowest BCUT2D eigenvalue weighted by molar-refractivity contribution is -0.219. The van der Waals surface area contributed by atoms with Gasteiger partial charge in [-0.3, -0.25) is 0 Å². The molecule has 0 aliphatic carbocycles. The summed E-state index contributed by atoms with van der Waals surface area (Å²) in [5.41, 5.74) is 0.606. The molecule has 3 saturated heterocycles. The highest BCUT2D eigenvalue weighted by molar-refractivity contribution is 5.62. The lowest BCUT2D eigenvalue weighted by Crippen LogP contribution is -2.54. The van der Waals surface area contributed by atoms with Crippen LogP contribution in [0.4, 0.5) is 18.9 Å². The number of likely N-dealkylation sites (tertiary alicyclic amines) is 2. The second-order valence-electron chi connectivity index (χ2n) is 11.1. The van der Waals surface area contributed by atoms with Crippen molar-refractivity contribution in [2.24, 2.45) is 4.99 Å². The zero-order valence-electron chi connectivity index (χ0n) is 21.7. The first-order valence-electron chi connectivity index (χ1n) is 13.5. The Hall–Kier alpha value is -2.66. The molecule has 3 fully saturated rings. The third-order valence-corrected chi connectivity index (χ3v) is 8.72. The van der Waals surface area contributed by atoms with Crippen LogP contribution in [-0.4, -0.2) is 78.9 Å². The van der Waals surface area contributed by atoms with Gasteiger partial charge in [0, 0.05) is 62.5 Å². The highest BCUT2D eigenvalue weighted by Crippen LogP contribution is 2.47. The van der Waals surface area contributed by atoms with Gasteiger partial charge in [0.05, 0.1) is 11.9 Å². The van der Waals surface area contributed by atoms with Crippen LogP contribution in [-0.2, 0) is 10.4 Å². The molecule has 0 bridgehead atoms. The highest BCUT2D eigenvalue weighted by atomic mass is 19.1. The van der Waals surface area contributed by atoms with Crippen LogP contribution in [0.5, 0.6) is 0 Å². The van der Waals surface area contributed by atoms with Crippen molar-refractivity contribution in [2.75, 3.05) is 45.1 Å². The minimum Gasteiger partial charge on any atom is -0.382 e. The summed E-state index contributed by atoms with van der Waals surface area (Å²) in [7, 11) is 1.81. The van der Waals surface area contributed by atoms with Gasteiger partial charge in [-0.2, -0.15) is 5.06 Å². The van der Waals surface area contributed by atoms with Crippen LogP contribution in [0.1, 0.15) is 37.7 Å². The Bertz CT molecular complexity index is 1170. The van der Waals surface area contributed by atoms with E-state index in [-0.39, 0.29) is 5.82 Å². The standard InChI is InChI=1S/C28H35F3N6O/c1-35-27(17-28(38-35)32-19-33-28,25-7-4-21(30)16-26(25)31)18-36-12-10-24(11-13-36)37-14-8-23(9-15-37)34-22-5-2-20(29)3-6-22/h2-7,16,19,23-24,34H,8-15,17-18H2,1H3,(H,32,33). The molecule has 204 valence electrons. The molecule has 0 aromatic heterocycles. The van der Waals surface area contributed by atoms with Gasteiger partial charge in [0.15, 0.2) is 0 Å². The number of halogens is 3. The van der Waals surface area contributed by atoms with Gasteiger partial charge >= 0.3 is 0 Å². The Labute approximate surface area is 221 Å². The fraction of sp³-hybridized carbons (Fsp3) is 0.536. The van der Waals surface area contributed by atoms with E-state index in [9.17, 15) is 8.78 Å². The Morgan fingerprint density at radius 3 is 2.26 bits per heavy atom. The summed E-state index contributed by atoms with van der Waals surface area (Å²) in [6, 6.07) is 11.3. The molecule has 10 heteroatoms. The molecule has 0 saturated carbocycles. The number of hydrogen-bond acceptors (Lipinski definition) is 7. The first kappa shape index (κ1) is 25.6. The van der Waals surface area contributed by atoms with E-state index in [1.165, 1.54) is 18.2 Å². The Balaban J connectivity index is 1.07. The van der Waals surface area contributed by atoms with Crippen LogP contribution < -0.4 is 10.6 Å². The van der Waals surface area contributed by atoms with Gasteiger partial charge in [0.25, 0.3) is 5.85 Å². The van der Waals surface area contributed by atoms with Crippen molar-refractivity contribution in [1.29, 1.82) is 0 Å². The monoisotopic (exact) mass is 528 g/mol. The SMILES string of the molecule is CN1OC2(CC1(CN1CCC(N3CCC(Nc4ccc(F)cc4)CC3)CC1)c1ccc(F)cc1F)N=CN2. The molecule has 4 aliphatic heterocycles. The largest absolute Gasteiger partial charge is 0.382 e. The molecule has 4 heterocycles. The minimum absolute atomic E-state index is 0.217. The molecule has 2 aromatic rings. The summed E-state index contributed by atoms with van der Waals surface area (Å²) >= 11 is 0. The number of likely N-dealkylation sites (N-methyl/N-ethyl adjacent to an activating group) is 1. The highest BCUT2D eigenvalue weighted by Gasteiger charge is 2.58. The average Bonchev–Trinajstić information content (AvgIpc) is 3.20. The summed E-state index contributed by atoms with van der Waals surface area (Å²) in [6.45, 7) is 4.45. The fourth-order valence-electron chi connectivity index (χ4n) is 6.58. The molecule has 6 rings (SSSR count). The van der Waals surface area contributed by atoms with Crippen molar-refractivity contribution in [1.82, 2.24) is 20.2 Å². The summed E-state index contributed by atoms with van der Waals surface area (Å²) < 4.78 is 42.1. The molecule has 0 amide bonds. The topological polar surface area (TPSA) is 55.4 Å². The fourth-order valence-corrected chi connectivity index (χ4v) is 6.58. The van der Waals surface area contributed by atoms with Crippen LogP contribution in [0, 0.1) is 17.5 Å². The number of anilines is 1. The number of rotatable bonds is 6. The molecule has 2 aromatic carbocycles. The van der Waals surface area contributed by atoms with Gasteiger partial charge in [-0.25, -0.2) is 23.0 Å². The van der Waals surface area contributed by atoms with E-state index in [1.807, 2.05) is 7.05 Å². The first-order valence-corrected chi connectivity index (χ1v) is 13.5. The number of piperidine rings is 2. The minimum atomic E-state index is -0.889. The van der Waals surface area contributed by atoms with Crippen molar-refractivity contribution < 1.29 is 18.0 Å². The molecule has 0 radical (unpaired) electrons. The van der Waals surface area contributed by atoms with Crippen LogP contribution >= 0.6 is 0 Å². The Kier molecular flexibility index (Phi) is 6.84. The normalized spacial score (nSPS) is 29.5. The van der Waals surface area contributed by atoms with Crippen molar-refractivity contribution in [3.8, 4) is 0 Å². The van der Waals surface area contributed by atoms with Gasteiger partial charge in [0.1, 0.15) is 17.5 Å². The third-order valence-electron chi connectivity index (χ3n) is 8.72. The summed E-state index contributed by atoms with van der Waals surface area (Å²) in [4.78, 5) is 15.4. The number of nitrogens with one attached hydrogen (secondary N) is 2. The predicted molar refractivity (Wildman–Crippen MR) is 140 cm³/mol. The second kappa shape index (κ2) is 10.1. The molecular weight excluding hydrogens is 493 g/mol. The van der Waals surface area contributed by atoms with E-state index in [0.29, 0.717) is 30.6 Å². The van der Waals surface area contributed by atoms with Crippen LogP contribution in [0.25, 0.3) is 0 Å². The van der Waals surface area contributed by atoms with Crippen molar-refractivity contribution in [3.05, 3.63) is 65.5 Å². The summed E-state index contributed by atoms with van der Waals surface area (Å²) in [5.74, 6) is -2.26. The molecule has 38 heavy (non-hydrogen) atoms. The number of aliphatic imine (C=N–C) groups is 1. The molecule has 1 spiro atoms. The maximum absolute atomic E-state index is 15.1. The molecule has 2 unspecified atom stereocenters. The van der Waals surface area contributed by atoms with Gasteiger partial charge in [0.2, 0.25) is 0 Å². The van der Waals surface area contributed by atoms with Crippen LogP contribution in [0.15, 0.2) is 47.5 Å². The molecular formula is C28H35F3N6O. The molecule has 2 N–H and O–H groups in total. The summed E-state index contributed by atoms with van der Waals surface area (Å²) in [6.07, 6.45) is 6.23. The molecule has 2 atom stereocenters. The molecule has 7 nitrogen and oxygen atoms in total. The number of hydrogen-bond donors (Lipinski definition) is 2. The van der Waals surface area contributed by atoms with E-state index in [1.54, 1.807) is 29.6 Å². The van der Waals surface area contributed by atoms with E-state index in [4.69, 9.17) is 4.84 Å². The van der Waals surface area contributed by atoms with E-state index in [0.717, 1.165) is 63.6 Å². The smallest absolute Gasteiger partial charge is 0.258 e. The average molecular weight is 529 g/mol. The Morgan fingerprint density at radius 1 is 0.974 bits per heavy atom. The van der Waals surface area contributed by atoms with E-state index in [2.05, 4.69) is 25.4 Å². The Morgan fingerprint density at radius 2 is 1.66 bits per heavy atom. The van der Waals surface area contributed by atoms with Gasteiger partial charge in [-0.15, -0.1) is 0 Å². The maximum Gasteiger partial charge on any atom is 0.258 e. The summed E-state index contributed by atoms with van der Waals surface area (Å²) in [5, 5.41) is 8.36. The second-order valence-corrected chi connectivity index (χ2v) is 11.1. The predicted octanol–water partition coefficient (Wildman–Crippen LogP) is 3.89. The van der Waals surface area contributed by atoms with Crippen molar-refractivity contribution in [2.45, 2.75) is 55.6 Å². The lowest BCUT2D eigenvalue weighted by atomic mass is 9.83. The zero-order valence-corrected chi connectivity index (χ0v) is 21.7. The number of benzene rings is 2. The van der Waals surface area contributed by atoms with Crippen molar-refractivity contribution >= 4 is 12.0 Å². The van der Waals surface area contributed by atoms with E-state index < -0.39 is 23.0 Å². The van der Waals surface area contributed by atoms with Crippen LogP contribution in [0.2, 0.25) is 0 Å². The van der Waals surface area contributed by atoms with Crippen LogP contribution in [0.3, 0.4) is 0 Å². The molecule has 4 aliphatic rings. The maximum atomic E-state index is 15.1. The van der Waals surface area contributed by atoms with Gasteiger partial charge in [-0.05, 0) is 69.1 Å². The van der Waals surface area contributed by atoms with E-state index >= 15 is 4.39 Å². The number of hydroxylamine groups is 2. The number of nitrogens with zero attached hydrogens (tertiary/aromatic N) is 4. The van der Waals surface area contributed by atoms with Gasteiger partial charge < -0.3 is 20.4 Å². The quantitative estimate of drug-likeness (QED) is 0.594.